The van der Waals surface area contributed by atoms with Gasteiger partial charge in [-0.25, -0.2) is 0 Å². The van der Waals surface area contributed by atoms with Gasteiger partial charge in [0.15, 0.2) is 0 Å². The normalized spacial score (nSPS) is 17.9. The van der Waals surface area contributed by atoms with E-state index in [9.17, 15) is 4.79 Å². The zero-order valence-electron chi connectivity index (χ0n) is 21.8. The second kappa shape index (κ2) is 14.7. The van der Waals surface area contributed by atoms with E-state index < -0.39 is 0 Å². The average Bonchev–Trinajstić information content (AvgIpc) is 2.90. The average molecular weight is 514 g/mol. The monoisotopic (exact) mass is 513 g/mol. The standard InChI is InChI=1S/C29H44ClN5O/c30-25-11-12-26-27(13-16-32-28(26)23-25)31-14-5-17-34-19-21-35(22-20-34)18-6-15-33-29(36)10-4-9-24-7-2-1-3-8-24/h11-13,16,23-24H,1-10,14-15,17-22H2,(H,31,32)(H,33,36). The summed E-state index contributed by atoms with van der Waals surface area (Å²) in [6.07, 6.45) is 13.9. The first-order valence-corrected chi connectivity index (χ1v) is 14.5. The first kappa shape index (κ1) is 27.2. The van der Waals surface area contributed by atoms with E-state index in [-0.39, 0.29) is 5.91 Å². The lowest BCUT2D eigenvalue weighted by Gasteiger charge is -2.34. The van der Waals surface area contributed by atoms with Crippen molar-refractivity contribution in [2.75, 3.05) is 57.7 Å². The Balaban J connectivity index is 1.01. The summed E-state index contributed by atoms with van der Waals surface area (Å²) in [5.41, 5.74) is 2.05. The Morgan fingerprint density at radius 3 is 2.42 bits per heavy atom. The summed E-state index contributed by atoms with van der Waals surface area (Å²) in [6, 6.07) is 7.90. The number of rotatable bonds is 13. The number of nitrogens with zero attached hydrogens (tertiary/aromatic N) is 3. The number of aromatic nitrogens is 1. The highest BCUT2D eigenvalue weighted by molar-refractivity contribution is 6.31. The van der Waals surface area contributed by atoms with Crippen molar-refractivity contribution in [2.45, 2.75) is 64.2 Å². The molecule has 2 aliphatic rings. The quantitative estimate of drug-likeness (QED) is 0.343. The SMILES string of the molecule is O=C(CCCC1CCCCC1)NCCCN1CCN(CCCNc2ccnc3cc(Cl)ccc23)CC1. The molecule has 0 spiro atoms. The van der Waals surface area contributed by atoms with Gasteiger partial charge < -0.3 is 20.4 Å². The van der Waals surface area contributed by atoms with Crippen molar-refractivity contribution in [3.8, 4) is 0 Å². The zero-order valence-corrected chi connectivity index (χ0v) is 22.6. The lowest BCUT2D eigenvalue weighted by atomic mass is 9.86. The number of pyridine rings is 1. The maximum Gasteiger partial charge on any atom is 0.219 e. The number of carbonyl (C=O) groups excluding carboxylic acids is 1. The van der Waals surface area contributed by atoms with Crippen LogP contribution in [0.1, 0.15) is 64.2 Å². The summed E-state index contributed by atoms with van der Waals surface area (Å²) in [4.78, 5) is 21.7. The number of halogens is 1. The maximum absolute atomic E-state index is 12.1. The van der Waals surface area contributed by atoms with Crippen molar-refractivity contribution in [2.24, 2.45) is 5.92 Å². The van der Waals surface area contributed by atoms with Crippen LogP contribution in [0.2, 0.25) is 5.02 Å². The first-order chi connectivity index (χ1) is 17.7. The van der Waals surface area contributed by atoms with E-state index in [0.717, 1.165) is 99.2 Å². The molecule has 1 aromatic heterocycles. The third-order valence-electron chi connectivity index (χ3n) is 7.85. The molecule has 4 rings (SSSR count). The molecule has 0 unspecified atom stereocenters. The van der Waals surface area contributed by atoms with Gasteiger partial charge in [-0.1, -0.05) is 43.7 Å². The molecule has 1 saturated carbocycles. The Bertz CT molecular complexity index is 940. The van der Waals surface area contributed by atoms with Gasteiger partial charge in [0, 0.05) is 68.0 Å². The van der Waals surface area contributed by atoms with Crippen LogP contribution >= 0.6 is 11.6 Å². The van der Waals surface area contributed by atoms with Gasteiger partial charge in [0.25, 0.3) is 0 Å². The van der Waals surface area contributed by atoms with Crippen molar-refractivity contribution >= 4 is 34.1 Å². The van der Waals surface area contributed by atoms with Crippen molar-refractivity contribution in [1.29, 1.82) is 0 Å². The fraction of sp³-hybridized carbons (Fsp3) is 0.655. The molecule has 2 fully saturated rings. The molecule has 1 amide bonds. The predicted octanol–water partition coefficient (Wildman–Crippen LogP) is 5.56. The minimum Gasteiger partial charge on any atom is -0.384 e. The van der Waals surface area contributed by atoms with E-state index in [2.05, 4.69) is 25.4 Å². The molecule has 0 bridgehead atoms. The summed E-state index contributed by atoms with van der Waals surface area (Å²) in [7, 11) is 0. The number of fused-ring (bicyclic) bond motifs is 1. The number of nitrogens with one attached hydrogen (secondary N) is 2. The molecular weight excluding hydrogens is 470 g/mol. The van der Waals surface area contributed by atoms with Crippen LogP contribution in [0.4, 0.5) is 5.69 Å². The Hall–Kier alpha value is -1.89. The Labute approximate surface area is 222 Å². The van der Waals surface area contributed by atoms with Crippen LogP contribution in [0.5, 0.6) is 0 Å². The minimum absolute atomic E-state index is 0.243. The molecule has 198 valence electrons. The third-order valence-corrected chi connectivity index (χ3v) is 8.09. The van der Waals surface area contributed by atoms with E-state index in [1.807, 2.05) is 30.5 Å². The number of amides is 1. The molecule has 1 aliphatic carbocycles. The highest BCUT2D eigenvalue weighted by Crippen LogP contribution is 2.27. The number of benzene rings is 1. The Kier molecular flexibility index (Phi) is 11.1. The third kappa shape index (κ3) is 8.89. The molecule has 2 N–H and O–H groups in total. The molecule has 1 aromatic carbocycles. The molecule has 2 aromatic rings. The van der Waals surface area contributed by atoms with Gasteiger partial charge in [0.05, 0.1) is 5.52 Å². The van der Waals surface area contributed by atoms with Gasteiger partial charge in [-0.3, -0.25) is 9.78 Å². The molecule has 0 atom stereocenters. The van der Waals surface area contributed by atoms with E-state index >= 15 is 0 Å². The van der Waals surface area contributed by atoms with E-state index in [4.69, 9.17) is 11.6 Å². The summed E-state index contributed by atoms with van der Waals surface area (Å²) >= 11 is 6.10. The van der Waals surface area contributed by atoms with Crippen LogP contribution in [-0.4, -0.2) is 73.0 Å². The number of hydrogen-bond acceptors (Lipinski definition) is 5. The van der Waals surface area contributed by atoms with Crippen molar-refractivity contribution in [1.82, 2.24) is 20.1 Å². The van der Waals surface area contributed by atoms with Gasteiger partial charge in [-0.2, -0.15) is 0 Å². The van der Waals surface area contributed by atoms with E-state index in [1.165, 1.54) is 38.5 Å². The van der Waals surface area contributed by atoms with Crippen molar-refractivity contribution < 1.29 is 4.79 Å². The van der Waals surface area contributed by atoms with E-state index in [1.54, 1.807) is 0 Å². The molecule has 1 aliphatic heterocycles. The van der Waals surface area contributed by atoms with Gasteiger partial charge >= 0.3 is 0 Å². The molecule has 0 radical (unpaired) electrons. The van der Waals surface area contributed by atoms with Gasteiger partial charge in [0.2, 0.25) is 5.91 Å². The van der Waals surface area contributed by atoms with Crippen LogP contribution in [0, 0.1) is 5.92 Å². The lowest BCUT2D eigenvalue weighted by Crippen LogP contribution is -2.47. The van der Waals surface area contributed by atoms with Crippen LogP contribution in [-0.2, 0) is 4.79 Å². The fourth-order valence-corrected chi connectivity index (χ4v) is 5.85. The summed E-state index contributed by atoms with van der Waals surface area (Å²) in [6.45, 7) is 8.46. The molecule has 2 heterocycles. The fourth-order valence-electron chi connectivity index (χ4n) is 5.68. The summed E-state index contributed by atoms with van der Waals surface area (Å²) in [5, 5.41) is 8.55. The smallest absolute Gasteiger partial charge is 0.219 e. The van der Waals surface area contributed by atoms with Crippen LogP contribution in [0.3, 0.4) is 0 Å². The largest absolute Gasteiger partial charge is 0.384 e. The van der Waals surface area contributed by atoms with Crippen LogP contribution in [0.15, 0.2) is 30.5 Å². The van der Waals surface area contributed by atoms with Crippen molar-refractivity contribution in [3.63, 3.8) is 0 Å². The van der Waals surface area contributed by atoms with Crippen molar-refractivity contribution in [3.05, 3.63) is 35.5 Å². The first-order valence-electron chi connectivity index (χ1n) is 14.2. The number of hydrogen-bond donors (Lipinski definition) is 2. The summed E-state index contributed by atoms with van der Waals surface area (Å²) in [5.74, 6) is 1.12. The number of carbonyl (C=O) groups is 1. The highest BCUT2D eigenvalue weighted by Gasteiger charge is 2.16. The second-order valence-electron chi connectivity index (χ2n) is 10.6. The topological polar surface area (TPSA) is 60.5 Å². The zero-order chi connectivity index (χ0) is 25.0. The Morgan fingerprint density at radius 2 is 1.67 bits per heavy atom. The molecule has 6 nitrogen and oxygen atoms in total. The molecule has 1 saturated heterocycles. The maximum atomic E-state index is 12.1. The molecule has 36 heavy (non-hydrogen) atoms. The summed E-state index contributed by atoms with van der Waals surface area (Å²) < 4.78 is 0. The van der Waals surface area contributed by atoms with Gasteiger partial charge in [0.1, 0.15) is 0 Å². The van der Waals surface area contributed by atoms with Crippen LogP contribution in [0.25, 0.3) is 10.9 Å². The molecule has 7 heteroatoms. The molecular formula is C29H44ClN5O. The number of anilines is 1. The Morgan fingerprint density at radius 1 is 0.944 bits per heavy atom. The predicted molar refractivity (Wildman–Crippen MR) is 151 cm³/mol. The lowest BCUT2D eigenvalue weighted by molar-refractivity contribution is -0.121. The van der Waals surface area contributed by atoms with Crippen LogP contribution < -0.4 is 10.6 Å². The second-order valence-corrected chi connectivity index (χ2v) is 11.0. The van der Waals surface area contributed by atoms with Gasteiger partial charge in [-0.05, 0) is 69.0 Å². The van der Waals surface area contributed by atoms with E-state index in [0.29, 0.717) is 6.42 Å². The number of piperazine rings is 1. The van der Waals surface area contributed by atoms with Gasteiger partial charge in [-0.15, -0.1) is 0 Å². The highest BCUT2D eigenvalue weighted by atomic mass is 35.5. The minimum atomic E-state index is 0.243.